The summed E-state index contributed by atoms with van der Waals surface area (Å²) >= 11 is 0. The Balaban J connectivity index is 1.72. The van der Waals surface area contributed by atoms with Crippen LogP contribution in [0.25, 0.3) is 0 Å². The van der Waals surface area contributed by atoms with Crippen molar-refractivity contribution in [3.8, 4) is 0 Å². The first-order valence-corrected chi connectivity index (χ1v) is 8.43. The Labute approximate surface area is 138 Å². The van der Waals surface area contributed by atoms with Crippen LogP contribution in [0.4, 0.5) is 10.1 Å². The Bertz CT molecular complexity index is 513. The van der Waals surface area contributed by atoms with Gasteiger partial charge in [-0.3, -0.25) is 4.79 Å². The van der Waals surface area contributed by atoms with Crippen LogP contribution in [0.5, 0.6) is 0 Å². The minimum absolute atomic E-state index is 0.0696. The van der Waals surface area contributed by atoms with Crippen LogP contribution in [0.2, 0.25) is 0 Å². The molecule has 0 unspecified atom stereocenters. The molecule has 2 N–H and O–H groups in total. The summed E-state index contributed by atoms with van der Waals surface area (Å²) in [5.74, 6) is 1.06. The average molecular weight is 321 g/mol. The maximum Gasteiger partial charge on any atom is 0.239 e. The lowest BCUT2D eigenvalue weighted by Crippen LogP contribution is -2.47. The SMILES string of the molecule is C[C@@H]1C[C@@H](C)CN(C[C@@H](C)NC(=O)CNc2cccc(F)c2)C1. The van der Waals surface area contributed by atoms with Gasteiger partial charge in [0.2, 0.25) is 5.91 Å². The van der Waals surface area contributed by atoms with Gasteiger partial charge in [-0.25, -0.2) is 4.39 Å². The first kappa shape index (κ1) is 17.7. The van der Waals surface area contributed by atoms with Crippen LogP contribution >= 0.6 is 0 Å². The van der Waals surface area contributed by atoms with Gasteiger partial charge in [-0.2, -0.15) is 0 Å². The number of carbonyl (C=O) groups excluding carboxylic acids is 1. The molecular weight excluding hydrogens is 293 g/mol. The molecule has 128 valence electrons. The fourth-order valence-corrected chi connectivity index (χ4v) is 3.48. The molecule has 4 nitrogen and oxygen atoms in total. The van der Waals surface area contributed by atoms with E-state index in [1.165, 1.54) is 18.6 Å². The summed E-state index contributed by atoms with van der Waals surface area (Å²) in [6.45, 7) is 9.84. The molecule has 1 saturated heterocycles. The lowest BCUT2D eigenvalue weighted by molar-refractivity contribution is -0.120. The third-order valence-electron chi connectivity index (χ3n) is 4.16. The highest BCUT2D eigenvalue weighted by Crippen LogP contribution is 2.20. The van der Waals surface area contributed by atoms with Crippen molar-refractivity contribution in [2.45, 2.75) is 33.2 Å². The highest BCUT2D eigenvalue weighted by atomic mass is 19.1. The van der Waals surface area contributed by atoms with Gasteiger partial charge in [0.1, 0.15) is 5.82 Å². The number of nitrogens with zero attached hydrogens (tertiary/aromatic N) is 1. The number of amides is 1. The van der Waals surface area contributed by atoms with E-state index in [1.54, 1.807) is 12.1 Å². The zero-order chi connectivity index (χ0) is 16.8. The Morgan fingerprint density at radius 3 is 2.70 bits per heavy atom. The smallest absolute Gasteiger partial charge is 0.239 e. The van der Waals surface area contributed by atoms with Crippen LogP contribution in [0.15, 0.2) is 24.3 Å². The van der Waals surface area contributed by atoms with Crippen molar-refractivity contribution < 1.29 is 9.18 Å². The molecule has 1 aliphatic rings. The highest BCUT2D eigenvalue weighted by Gasteiger charge is 2.23. The molecule has 1 heterocycles. The molecular formula is C18H28FN3O. The summed E-state index contributed by atoms with van der Waals surface area (Å²) in [4.78, 5) is 14.4. The molecule has 1 aromatic rings. The summed E-state index contributed by atoms with van der Waals surface area (Å²) in [5, 5.41) is 5.95. The van der Waals surface area contributed by atoms with Gasteiger partial charge >= 0.3 is 0 Å². The van der Waals surface area contributed by atoms with E-state index in [-0.39, 0.29) is 24.3 Å². The zero-order valence-electron chi connectivity index (χ0n) is 14.3. The molecule has 1 aliphatic heterocycles. The van der Waals surface area contributed by atoms with Crippen LogP contribution in [0.3, 0.4) is 0 Å². The van der Waals surface area contributed by atoms with Crippen molar-refractivity contribution in [2.24, 2.45) is 11.8 Å². The summed E-state index contributed by atoms with van der Waals surface area (Å²) in [6, 6.07) is 6.24. The number of hydrogen-bond acceptors (Lipinski definition) is 3. The second-order valence-corrected chi connectivity index (χ2v) is 7.00. The fraction of sp³-hybridized carbons (Fsp3) is 0.611. The van der Waals surface area contributed by atoms with Gasteiger partial charge in [0, 0.05) is 31.4 Å². The van der Waals surface area contributed by atoms with E-state index in [0.29, 0.717) is 5.69 Å². The Hall–Kier alpha value is -1.62. The molecule has 23 heavy (non-hydrogen) atoms. The highest BCUT2D eigenvalue weighted by molar-refractivity contribution is 5.80. The maximum absolute atomic E-state index is 13.1. The van der Waals surface area contributed by atoms with Crippen molar-refractivity contribution in [1.82, 2.24) is 10.2 Å². The molecule has 1 aromatic carbocycles. The second-order valence-electron chi connectivity index (χ2n) is 7.00. The fourth-order valence-electron chi connectivity index (χ4n) is 3.48. The van der Waals surface area contributed by atoms with Crippen LogP contribution in [0.1, 0.15) is 27.2 Å². The van der Waals surface area contributed by atoms with Crippen LogP contribution in [-0.4, -0.2) is 43.0 Å². The van der Waals surface area contributed by atoms with Gasteiger partial charge in [0.15, 0.2) is 0 Å². The van der Waals surface area contributed by atoms with Gasteiger partial charge in [-0.1, -0.05) is 19.9 Å². The van der Waals surface area contributed by atoms with E-state index in [2.05, 4.69) is 29.4 Å². The van der Waals surface area contributed by atoms with Crippen LogP contribution in [0, 0.1) is 17.7 Å². The number of rotatable bonds is 6. The van der Waals surface area contributed by atoms with Crippen molar-refractivity contribution in [3.05, 3.63) is 30.1 Å². The molecule has 2 rings (SSSR count). The maximum atomic E-state index is 13.1. The van der Waals surface area contributed by atoms with Crippen LogP contribution in [-0.2, 0) is 4.79 Å². The Kier molecular flexibility index (Phi) is 6.39. The van der Waals surface area contributed by atoms with Gasteiger partial charge < -0.3 is 15.5 Å². The molecule has 1 fully saturated rings. The minimum atomic E-state index is -0.308. The normalized spacial score (nSPS) is 23.3. The van der Waals surface area contributed by atoms with E-state index in [4.69, 9.17) is 0 Å². The standard InChI is InChI=1S/C18H28FN3O/c1-13-7-14(2)11-22(10-13)12-15(3)21-18(23)9-20-17-6-4-5-16(19)8-17/h4-6,8,13-15,20H,7,9-12H2,1-3H3,(H,21,23)/t13-,14-,15-/m1/s1. The molecule has 0 saturated carbocycles. The monoisotopic (exact) mass is 321 g/mol. The number of anilines is 1. The van der Waals surface area contributed by atoms with E-state index in [1.807, 2.05) is 6.92 Å². The number of carbonyl (C=O) groups is 1. The summed E-state index contributed by atoms with van der Waals surface area (Å²) in [5.41, 5.74) is 0.617. The number of piperidine rings is 1. The van der Waals surface area contributed by atoms with E-state index in [9.17, 15) is 9.18 Å². The average Bonchev–Trinajstić information content (AvgIpc) is 2.44. The van der Waals surface area contributed by atoms with Gasteiger partial charge in [0.25, 0.3) is 0 Å². The van der Waals surface area contributed by atoms with E-state index < -0.39 is 0 Å². The largest absolute Gasteiger partial charge is 0.376 e. The van der Waals surface area contributed by atoms with Gasteiger partial charge in [-0.05, 0) is 43.4 Å². The van der Waals surface area contributed by atoms with Crippen molar-refractivity contribution in [1.29, 1.82) is 0 Å². The molecule has 0 spiro atoms. The predicted octanol–water partition coefficient (Wildman–Crippen LogP) is 2.72. The molecule has 0 aliphatic carbocycles. The molecule has 0 aromatic heterocycles. The van der Waals surface area contributed by atoms with Crippen LogP contribution < -0.4 is 10.6 Å². The number of nitrogens with one attached hydrogen (secondary N) is 2. The summed E-state index contributed by atoms with van der Waals surface area (Å²) < 4.78 is 13.1. The first-order valence-electron chi connectivity index (χ1n) is 8.43. The molecule has 5 heteroatoms. The predicted molar refractivity (Wildman–Crippen MR) is 91.9 cm³/mol. The molecule has 0 bridgehead atoms. The van der Waals surface area contributed by atoms with Crippen molar-refractivity contribution in [3.63, 3.8) is 0 Å². The number of benzene rings is 1. The minimum Gasteiger partial charge on any atom is -0.376 e. The number of halogens is 1. The quantitative estimate of drug-likeness (QED) is 0.847. The third-order valence-corrected chi connectivity index (χ3v) is 4.16. The molecule has 3 atom stereocenters. The number of hydrogen-bond donors (Lipinski definition) is 2. The Morgan fingerprint density at radius 1 is 1.35 bits per heavy atom. The van der Waals surface area contributed by atoms with Crippen molar-refractivity contribution in [2.75, 3.05) is 31.5 Å². The first-order chi connectivity index (χ1) is 10.9. The topological polar surface area (TPSA) is 44.4 Å². The molecule has 0 radical (unpaired) electrons. The third kappa shape index (κ3) is 6.18. The van der Waals surface area contributed by atoms with Gasteiger partial charge in [0.05, 0.1) is 6.54 Å². The zero-order valence-corrected chi connectivity index (χ0v) is 14.3. The Morgan fingerprint density at radius 2 is 2.04 bits per heavy atom. The lowest BCUT2D eigenvalue weighted by atomic mass is 9.92. The molecule has 1 amide bonds. The lowest BCUT2D eigenvalue weighted by Gasteiger charge is -2.36. The summed E-state index contributed by atoms with van der Waals surface area (Å²) in [7, 11) is 0. The number of likely N-dealkylation sites (tertiary alicyclic amines) is 1. The van der Waals surface area contributed by atoms with E-state index in [0.717, 1.165) is 31.5 Å². The second kappa shape index (κ2) is 8.29. The van der Waals surface area contributed by atoms with Crippen molar-refractivity contribution >= 4 is 11.6 Å². The van der Waals surface area contributed by atoms with E-state index >= 15 is 0 Å². The van der Waals surface area contributed by atoms with Gasteiger partial charge in [-0.15, -0.1) is 0 Å². The summed E-state index contributed by atoms with van der Waals surface area (Å²) in [6.07, 6.45) is 1.29.